The first-order valence-electron chi connectivity index (χ1n) is 26.1. The fraction of sp³-hybridized carbons (Fsp3) is 0.491. The third-order valence-corrected chi connectivity index (χ3v) is 15.1. The molecule has 79 heavy (non-hydrogen) atoms. The molecule has 2 aliphatic rings. The van der Waals surface area contributed by atoms with Crippen molar-refractivity contribution in [3.63, 3.8) is 0 Å². The zero-order valence-corrected chi connectivity index (χ0v) is 47.0. The summed E-state index contributed by atoms with van der Waals surface area (Å²) < 4.78 is 48.3. The fourth-order valence-corrected chi connectivity index (χ4v) is 10.4. The Hall–Kier alpha value is -6.63. The molecule has 0 spiro atoms. The number of aliphatic hydroxyl groups is 1. The number of phenols is 1. The molecule has 0 saturated carbocycles. The number of likely N-dealkylation sites (N-methyl/N-ethyl adjacent to an activating group) is 1. The molecule has 4 atom stereocenters. The summed E-state index contributed by atoms with van der Waals surface area (Å²) in [7, 11) is 1.63. The summed E-state index contributed by atoms with van der Waals surface area (Å²) in [6.07, 6.45) is -0.842. The van der Waals surface area contributed by atoms with Gasteiger partial charge >= 0.3 is 0 Å². The average molecular weight is 1140 g/mol. The molecule has 3 aromatic carbocycles. The number of ether oxygens (including phenoxy) is 3. The molecule has 2 aromatic heterocycles. The average Bonchev–Trinajstić information content (AvgIpc) is 4.08. The van der Waals surface area contributed by atoms with Gasteiger partial charge in [-0.2, -0.15) is 4.98 Å². The largest absolute Gasteiger partial charge is 0.507 e. The lowest BCUT2D eigenvalue weighted by Gasteiger charge is -2.35. The molecule has 0 unspecified atom stereocenters. The van der Waals surface area contributed by atoms with Gasteiger partial charge in [-0.25, -0.2) is 18.7 Å². The van der Waals surface area contributed by atoms with Crippen molar-refractivity contribution >= 4 is 75.1 Å². The highest BCUT2D eigenvalue weighted by Crippen LogP contribution is 2.43. The SMILES string of the molecule is CC(=O)N1CCN(c2nc(NCCC(=O)N(C)CCOCCOCCOCC(=O)N[C@H](C(=O)N3C[C@H](O)C[C@H]3C(=O)N[C@@H](C)c3ccc(-c4scnc4C)cc3)C(C)(C)C)nc3c(F)c(-c4c(O)cccc4F)c(Cl)cc23)CC1. The van der Waals surface area contributed by atoms with Crippen LogP contribution in [-0.2, 0) is 38.2 Å². The Kier molecular flexibility index (Phi) is 20.5. The van der Waals surface area contributed by atoms with Gasteiger partial charge in [0.25, 0.3) is 0 Å². The predicted octanol–water partition coefficient (Wildman–Crippen LogP) is 5.71. The summed E-state index contributed by atoms with van der Waals surface area (Å²) in [4.78, 5) is 86.8. The Bertz CT molecular complexity index is 2960. The molecular formula is C55H69ClF2N10O10S. The van der Waals surface area contributed by atoms with Crippen LogP contribution in [0.3, 0.4) is 0 Å². The number of thiazole rings is 1. The predicted molar refractivity (Wildman–Crippen MR) is 296 cm³/mol. The lowest BCUT2D eigenvalue weighted by molar-refractivity contribution is -0.144. The van der Waals surface area contributed by atoms with Gasteiger partial charge in [0.15, 0.2) is 5.82 Å². The number of β-amino-alcohol motifs (C(OH)–C–C–N with tert-alkyl or cyclic N) is 1. The van der Waals surface area contributed by atoms with Crippen molar-refractivity contribution in [2.45, 2.75) is 78.6 Å². The van der Waals surface area contributed by atoms with Crippen LogP contribution in [0.2, 0.25) is 5.02 Å². The molecule has 5 N–H and O–H groups in total. The number of aromatic hydroxyl groups is 1. The molecule has 7 rings (SSSR count). The number of nitrogens with zero attached hydrogens (tertiary/aromatic N) is 7. The van der Waals surface area contributed by atoms with Crippen molar-refractivity contribution < 1.29 is 57.2 Å². The molecule has 0 bridgehead atoms. The number of benzene rings is 3. The van der Waals surface area contributed by atoms with E-state index in [4.69, 9.17) is 25.8 Å². The normalized spacial score (nSPS) is 16.5. The van der Waals surface area contributed by atoms with E-state index in [0.29, 0.717) is 32.0 Å². The lowest BCUT2D eigenvalue weighted by atomic mass is 9.85. The van der Waals surface area contributed by atoms with Gasteiger partial charge in [-0.15, -0.1) is 11.3 Å². The van der Waals surface area contributed by atoms with Gasteiger partial charge in [0.1, 0.15) is 41.6 Å². The molecule has 20 nitrogen and oxygen atoms in total. The number of carbonyl (C=O) groups is 5. The van der Waals surface area contributed by atoms with E-state index in [-0.39, 0.29) is 117 Å². The highest BCUT2D eigenvalue weighted by Gasteiger charge is 2.45. The third kappa shape index (κ3) is 15.2. The minimum atomic E-state index is -1.02. The van der Waals surface area contributed by atoms with Gasteiger partial charge in [0, 0.05) is 83.6 Å². The molecule has 2 fully saturated rings. The van der Waals surface area contributed by atoms with Crippen LogP contribution in [0.15, 0.2) is 54.0 Å². The molecule has 4 heterocycles. The standard InChI is InChI=1S/C55H69ClF2N10O10S/c1-32(35-11-13-36(14-12-35)49-33(2)60-31-79-49)61-52(74)41-27-37(70)29-68(41)53(75)50(55(4,5)6)62-43(72)30-78-26-25-77-24-23-76-22-21-65(7)44(73)15-16-59-54-63-48-38(51(64-54)67-19-17-66(18-20-67)34(3)69)28-39(56)45(47(48)58)46-40(57)9-8-10-42(46)71/h8-14,28,31-32,37,41,50,70-71H,15-27,29-30H2,1-7H3,(H,61,74)(H,62,72)(H,59,63,64)/t32-,37+,41-,50+/m0/s1. The van der Waals surface area contributed by atoms with Crippen LogP contribution in [0.4, 0.5) is 20.5 Å². The molecule has 426 valence electrons. The van der Waals surface area contributed by atoms with Crippen LogP contribution < -0.4 is 20.9 Å². The van der Waals surface area contributed by atoms with E-state index >= 15 is 4.39 Å². The summed E-state index contributed by atoms with van der Waals surface area (Å²) in [5.41, 5.74) is 2.92. The number of anilines is 2. The van der Waals surface area contributed by atoms with Crippen molar-refractivity contribution in [2.75, 3.05) is 103 Å². The van der Waals surface area contributed by atoms with Gasteiger partial charge in [0.2, 0.25) is 35.5 Å². The van der Waals surface area contributed by atoms with Crippen LogP contribution in [0.5, 0.6) is 5.75 Å². The quantitative estimate of drug-likeness (QED) is 0.0492. The van der Waals surface area contributed by atoms with Gasteiger partial charge < -0.3 is 60.0 Å². The Morgan fingerprint density at radius 1 is 0.937 bits per heavy atom. The van der Waals surface area contributed by atoms with Crippen LogP contribution in [0.1, 0.15) is 64.8 Å². The number of carbonyl (C=O) groups excluding carboxylic acids is 5. The maximum atomic E-state index is 16.5. The van der Waals surface area contributed by atoms with Crippen LogP contribution in [0, 0.1) is 24.0 Å². The van der Waals surface area contributed by atoms with E-state index in [1.54, 1.807) is 49.6 Å². The van der Waals surface area contributed by atoms with Crippen LogP contribution in [0.25, 0.3) is 32.5 Å². The molecule has 2 saturated heterocycles. The topological polar surface area (TPSA) is 241 Å². The number of aryl methyl sites for hydroxylation is 1. The fourth-order valence-electron chi connectivity index (χ4n) is 9.34. The second-order valence-corrected chi connectivity index (χ2v) is 21.9. The number of phenolic OH excluding ortho intramolecular Hbond substituents is 1. The Labute approximate surface area is 466 Å². The first-order valence-corrected chi connectivity index (χ1v) is 27.4. The maximum absolute atomic E-state index is 16.5. The number of hydrogen-bond acceptors (Lipinski definition) is 16. The Morgan fingerprint density at radius 2 is 1.62 bits per heavy atom. The first kappa shape index (κ1) is 60.0. The van der Waals surface area contributed by atoms with Crippen molar-refractivity contribution in [1.82, 2.24) is 40.3 Å². The zero-order chi connectivity index (χ0) is 57.1. The number of rotatable bonds is 23. The minimum absolute atomic E-state index is 0.000626. The number of aromatic nitrogens is 3. The summed E-state index contributed by atoms with van der Waals surface area (Å²) in [6, 6.07) is 10.5. The number of halogens is 3. The van der Waals surface area contributed by atoms with E-state index in [2.05, 4.69) is 30.9 Å². The number of amides is 5. The van der Waals surface area contributed by atoms with E-state index < -0.39 is 64.3 Å². The van der Waals surface area contributed by atoms with Crippen LogP contribution in [-0.4, -0.2) is 180 Å². The number of hydrogen-bond donors (Lipinski definition) is 5. The third-order valence-electron chi connectivity index (χ3n) is 13.8. The van der Waals surface area contributed by atoms with Gasteiger partial charge in [-0.1, -0.05) is 62.7 Å². The molecule has 5 amide bonds. The molecule has 2 aliphatic heterocycles. The minimum Gasteiger partial charge on any atom is -0.507 e. The summed E-state index contributed by atoms with van der Waals surface area (Å²) in [5, 5.41) is 30.0. The smallest absolute Gasteiger partial charge is 0.246 e. The van der Waals surface area contributed by atoms with Gasteiger partial charge in [-0.3, -0.25) is 24.0 Å². The highest BCUT2D eigenvalue weighted by atomic mass is 35.5. The van der Waals surface area contributed by atoms with E-state index in [9.17, 15) is 38.6 Å². The second kappa shape index (κ2) is 27.0. The number of likely N-dealkylation sites (tertiary alicyclic amines) is 1. The van der Waals surface area contributed by atoms with Crippen molar-refractivity contribution in [3.05, 3.63) is 82.0 Å². The number of nitrogens with one attached hydrogen (secondary N) is 3. The van der Waals surface area contributed by atoms with E-state index in [1.165, 1.54) is 34.9 Å². The molecule has 0 aliphatic carbocycles. The summed E-state index contributed by atoms with van der Waals surface area (Å²) >= 11 is 8.13. The zero-order valence-electron chi connectivity index (χ0n) is 45.4. The van der Waals surface area contributed by atoms with Crippen molar-refractivity contribution in [1.29, 1.82) is 0 Å². The van der Waals surface area contributed by atoms with Crippen molar-refractivity contribution in [2.24, 2.45) is 5.41 Å². The lowest BCUT2D eigenvalue weighted by Crippen LogP contribution is -2.58. The number of fused-ring (bicyclic) bond motifs is 1. The number of piperazine rings is 1. The molecular weight excluding hydrogens is 1070 g/mol. The Morgan fingerprint density at radius 3 is 2.27 bits per heavy atom. The second-order valence-electron chi connectivity index (χ2n) is 20.6. The maximum Gasteiger partial charge on any atom is 0.246 e. The van der Waals surface area contributed by atoms with Gasteiger partial charge in [0.05, 0.1) is 71.8 Å². The molecule has 24 heteroatoms. The van der Waals surface area contributed by atoms with E-state index in [0.717, 1.165) is 27.8 Å². The van der Waals surface area contributed by atoms with Crippen LogP contribution >= 0.6 is 22.9 Å². The highest BCUT2D eigenvalue weighted by molar-refractivity contribution is 7.13. The molecule has 5 aromatic rings. The summed E-state index contributed by atoms with van der Waals surface area (Å²) in [5.74, 6) is -3.77. The van der Waals surface area contributed by atoms with E-state index in [1.807, 2.05) is 43.0 Å². The van der Waals surface area contributed by atoms with Crippen molar-refractivity contribution in [3.8, 4) is 27.3 Å². The Balaban J connectivity index is 0.808. The van der Waals surface area contributed by atoms with Gasteiger partial charge in [-0.05, 0) is 48.6 Å². The number of aliphatic hydroxyl groups excluding tert-OH is 1. The summed E-state index contributed by atoms with van der Waals surface area (Å²) in [6.45, 7) is 13.0. The molecule has 0 radical (unpaired) electrons. The first-order chi connectivity index (χ1) is 37.6. The monoisotopic (exact) mass is 1130 g/mol.